The summed E-state index contributed by atoms with van der Waals surface area (Å²) in [6.45, 7) is 1.53. The molecule has 1 aromatic carbocycles. The molecule has 2 rings (SSSR count). The zero-order chi connectivity index (χ0) is 14.7. The SMILES string of the molecule is COc1ccc(C(=O)CN2CCC(C(N)=O)C2)cc1Cl. The Bertz CT molecular complexity index is 533. The van der Waals surface area contributed by atoms with Crippen LogP contribution in [0.3, 0.4) is 0 Å². The van der Waals surface area contributed by atoms with Gasteiger partial charge in [-0.05, 0) is 31.2 Å². The van der Waals surface area contributed by atoms with Crippen molar-refractivity contribution in [2.45, 2.75) is 6.42 Å². The molecule has 6 heteroatoms. The van der Waals surface area contributed by atoms with E-state index in [4.69, 9.17) is 22.1 Å². The van der Waals surface area contributed by atoms with Gasteiger partial charge in [0, 0.05) is 12.1 Å². The molecule has 1 atom stereocenters. The van der Waals surface area contributed by atoms with Gasteiger partial charge in [0.1, 0.15) is 5.75 Å². The lowest BCUT2D eigenvalue weighted by Crippen LogP contribution is -2.31. The number of carbonyl (C=O) groups excluding carboxylic acids is 2. The van der Waals surface area contributed by atoms with E-state index in [1.54, 1.807) is 18.2 Å². The van der Waals surface area contributed by atoms with Crippen LogP contribution in [0.15, 0.2) is 18.2 Å². The van der Waals surface area contributed by atoms with Gasteiger partial charge in [-0.3, -0.25) is 14.5 Å². The van der Waals surface area contributed by atoms with Gasteiger partial charge in [0.05, 0.1) is 24.6 Å². The molecule has 1 amide bonds. The number of hydrogen-bond acceptors (Lipinski definition) is 4. The standard InChI is InChI=1S/C14H17ClN2O3/c1-20-13-3-2-9(6-11(13)15)12(18)8-17-5-4-10(7-17)14(16)19/h2-3,6,10H,4-5,7-8H2,1H3,(H2,16,19). The van der Waals surface area contributed by atoms with Crippen LogP contribution in [0.1, 0.15) is 16.8 Å². The molecule has 1 aliphatic heterocycles. The highest BCUT2D eigenvalue weighted by Crippen LogP contribution is 2.25. The number of rotatable bonds is 5. The highest BCUT2D eigenvalue weighted by Gasteiger charge is 2.27. The summed E-state index contributed by atoms with van der Waals surface area (Å²) >= 11 is 6.00. The minimum absolute atomic E-state index is 0.0281. The first-order chi connectivity index (χ1) is 9.51. The van der Waals surface area contributed by atoms with Gasteiger partial charge in [-0.25, -0.2) is 0 Å². The summed E-state index contributed by atoms with van der Waals surface area (Å²) < 4.78 is 5.05. The van der Waals surface area contributed by atoms with Gasteiger partial charge in [-0.2, -0.15) is 0 Å². The number of Topliss-reactive ketones (excluding diaryl/α,β-unsaturated/α-hetero) is 1. The van der Waals surface area contributed by atoms with E-state index >= 15 is 0 Å². The van der Waals surface area contributed by atoms with Crippen molar-refractivity contribution in [2.75, 3.05) is 26.7 Å². The predicted octanol–water partition coefficient (Wildman–Crippen LogP) is 1.34. The lowest BCUT2D eigenvalue weighted by molar-refractivity contribution is -0.121. The second-order valence-electron chi connectivity index (χ2n) is 4.90. The van der Waals surface area contributed by atoms with Crippen LogP contribution in [-0.4, -0.2) is 43.3 Å². The summed E-state index contributed by atoms with van der Waals surface area (Å²) in [5.74, 6) is 0.0625. The molecule has 0 radical (unpaired) electrons. The van der Waals surface area contributed by atoms with E-state index in [1.807, 2.05) is 4.90 Å². The van der Waals surface area contributed by atoms with Crippen LogP contribution in [0, 0.1) is 5.92 Å². The van der Waals surface area contributed by atoms with Crippen LogP contribution in [-0.2, 0) is 4.79 Å². The van der Waals surface area contributed by atoms with Crippen LogP contribution in [0.2, 0.25) is 5.02 Å². The lowest BCUT2D eigenvalue weighted by Gasteiger charge is -2.14. The summed E-state index contributed by atoms with van der Waals surface area (Å²) in [6.07, 6.45) is 0.714. The summed E-state index contributed by atoms with van der Waals surface area (Å²) in [7, 11) is 1.52. The van der Waals surface area contributed by atoms with E-state index in [9.17, 15) is 9.59 Å². The van der Waals surface area contributed by atoms with Gasteiger partial charge in [0.2, 0.25) is 5.91 Å². The van der Waals surface area contributed by atoms with Gasteiger partial charge in [0.25, 0.3) is 0 Å². The number of hydrogen-bond donors (Lipinski definition) is 1. The van der Waals surface area contributed by atoms with Gasteiger partial charge in [-0.15, -0.1) is 0 Å². The van der Waals surface area contributed by atoms with Crippen molar-refractivity contribution in [3.05, 3.63) is 28.8 Å². The van der Waals surface area contributed by atoms with Crippen molar-refractivity contribution in [1.29, 1.82) is 0 Å². The Hall–Kier alpha value is -1.59. The minimum Gasteiger partial charge on any atom is -0.495 e. The number of ketones is 1. The third kappa shape index (κ3) is 3.29. The Kier molecular flexibility index (Phi) is 4.62. The second-order valence-corrected chi connectivity index (χ2v) is 5.30. The van der Waals surface area contributed by atoms with Crippen LogP contribution < -0.4 is 10.5 Å². The smallest absolute Gasteiger partial charge is 0.221 e. The zero-order valence-corrected chi connectivity index (χ0v) is 12.0. The van der Waals surface area contributed by atoms with E-state index < -0.39 is 0 Å². The number of carbonyl (C=O) groups is 2. The monoisotopic (exact) mass is 296 g/mol. The largest absolute Gasteiger partial charge is 0.495 e. The maximum atomic E-state index is 12.2. The lowest BCUT2D eigenvalue weighted by atomic mass is 10.1. The number of halogens is 1. The van der Waals surface area contributed by atoms with Gasteiger partial charge in [-0.1, -0.05) is 11.6 Å². The van der Waals surface area contributed by atoms with Gasteiger partial charge >= 0.3 is 0 Å². The molecule has 108 valence electrons. The Morgan fingerprint density at radius 3 is 2.80 bits per heavy atom. The van der Waals surface area contributed by atoms with Crippen molar-refractivity contribution in [3.8, 4) is 5.75 Å². The Morgan fingerprint density at radius 2 is 2.25 bits per heavy atom. The first-order valence-electron chi connectivity index (χ1n) is 6.39. The Labute approximate surface area is 122 Å². The van der Waals surface area contributed by atoms with Crippen molar-refractivity contribution in [2.24, 2.45) is 11.7 Å². The molecule has 0 aromatic heterocycles. The molecule has 1 aromatic rings. The second kappa shape index (κ2) is 6.24. The number of ether oxygens (including phenoxy) is 1. The molecule has 1 fully saturated rings. The summed E-state index contributed by atoms with van der Waals surface area (Å²) in [5.41, 5.74) is 5.81. The fraction of sp³-hybridized carbons (Fsp3) is 0.429. The topological polar surface area (TPSA) is 72.6 Å². The normalized spacial score (nSPS) is 19.0. The molecule has 0 spiro atoms. The molecule has 1 aliphatic rings. The Balaban J connectivity index is 1.99. The van der Waals surface area contributed by atoms with Crippen molar-refractivity contribution in [3.63, 3.8) is 0 Å². The first-order valence-corrected chi connectivity index (χ1v) is 6.77. The molecule has 20 heavy (non-hydrogen) atoms. The molecule has 1 saturated heterocycles. The van der Waals surface area contributed by atoms with Crippen molar-refractivity contribution < 1.29 is 14.3 Å². The maximum Gasteiger partial charge on any atom is 0.221 e. The molecule has 0 saturated carbocycles. The molecule has 0 aliphatic carbocycles. The van der Waals surface area contributed by atoms with Gasteiger partial charge < -0.3 is 10.5 Å². The number of nitrogens with two attached hydrogens (primary N) is 1. The molecule has 1 heterocycles. The van der Waals surface area contributed by atoms with Gasteiger partial charge in [0.15, 0.2) is 5.78 Å². The van der Waals surface area contributed by atoms with E-state index in [1.165, 1.54) is 7.11 Å². The summed E-state index contributed by atoms with van der Waals surface area (Å²) in [5, 5.41) is 0.412. The third-order valence-corrected chi connectivity index (χ3v) is 3.81. The van der Waals surface area contributed by atoms with E-state index in [0.29, 0.717) is 35.8 Å². The average Bonchev–Trinajstić information content (AvgIpc) is 2.87. The Morgan fingerprint density at radius 1 is 1.50 bits per heavy atom. The van der Waals surface area contributed by atoms with Crippen LogP contribution in [0.25, 0.3) is 0 Å². The summed E-state index contributed by atoms with van der Waals surface area (Å²) in [4.78, 5) is 25.2. The van der Waals surface area contributed by atoms with E-state index in [2.05, 4.69) is 0 Å². The number of methoxy groups -OCH3 is 1. The first kappa shape index (κ1) is 14.8. The van der Waals surface area contributed by atoms with E-state index in [-0.39, 0.29) is 24.2 Å². The molecule has 1 unspecified atom stereocenters. The molecule has 5 nitrogen and oxygen atoms in total. The third-order valence-electron chi connectivity index (χ3n) is 3.52. The van der Waals surface area contributed by atoms with Crippen LogP contribution in [0.5, 0.6) is 5.75 Å². The highest BCUT2D eigenvalue weighted by atomic mass is 35.5. The van der Waals surface area contributed by atoms with Crippen LogP contribution in [0.4, 0.5) is 0 Å². The fourth-order valence-corrected chi connectivity index (χ4v) is 2.60. The predicted molar refractivity (Wildman–Crippen MR) is 76.1 cm³/mol. The van der Waals surface area contributed by atoms with E-state index in [0.717, 1.165) is 0 Å². The van der Waals surface area contributed by atoms with Crippen molar-refractivity contribution >= 4 is 23.3 Å². The zero-order valence-electron chi connectivity index (χ0n) is 11.3. The number of nitrogens with zero attached hydrogens (tertiary/aromatic N) is 1. The molecule has 2 N–H and O–H groups in total. The van der Waals surface area contributed by atoms with Crippen molar-refractivity contribution in [1.82, 2.24) is 4.90 Å². The quantitative estimate of drug-likeness (QED) is 0.832. The number of amides is 1. The molecular formula is C14H17ClN2O3. The fourth-order valence-electron chi connectivity index (χ4n) is 2.34. The highest BCUT2D eigenvalue weighted by molar-refractivity contribution is 6.32. The average molecular weight is 297 g/mol. The molecule has 0 bridgehead atoms. The molecular weight excluding hydrogens is 280 g/mol. The maximum absolute atomic E-state index is 12.2. The number of likely N-dealkylation sites (tertiary alicyclic amines) is 1. The van der Waals surface area contributed by atoms with Crippen LogP contribution >= 0.6 is 11.6 Å². The number of benzene rings is 1. The minimum atomic E-state index is -0.299. The summed E-state index contributed by atoms with van der Waals surface area (Å²) in [6, 6.07) is 4.96. The number of primary amides is 1.